The molecule has 0 aromatic rings. The first-order valence-electron chi connectivity index (χ1n) is 7.18. The summed E-state index contributed by atoms with van der Waals surface area (Å²) in [7, 11) is 1.80. The third-order valence-corrected chi connectivity index (χ3v) is 4.37. The molecule has 3 nitrogen and oxygen atoms in total. The summed E-state index contributed by atoms with van der Waals surface area (Å²) in [5, 5.41) is 3.58. The lowest BCUT2D eigenvalue weighted by atomic mass is 9.95. The summed E-state index contributed by atoms with van der Waals surface area (Å²) in [6.07, 6.45) is 5.48. The van der Waals surface area contributed by atoms with Gasteiger partial charge in [-0.1, -0.05) is 0 Å². The van der Waals surface area contributed by atoms with E-state index in [0.717, 1.165) is 18.6 Å². The van der Waals surface area contributed by atoms with Crippen LogP contribution in [0, 0.1) is 5.92 Å². The monoisotopic (exact) mass is 240 g/mol. The molecule has 0 aliphatic carbocycles. The maximum atomic E-state index is 5.23. The molecule has 2 heterocycles. The fourth-order valence-electron chi connectivity index (χ4n) is 3.59. The summed E-state index contributed by atoms with van der Waals surface area (Å²) < 4.78 is 5.23. The Bertz CT molecular complexity index is 232. The molecule has 2 rings (SSSR count). The van der Waals surface area contributed by atoms with Crippen molar-refractivity contribution in [2.45, 2.75) is 57.7 Å². The smallest absolute Gasteiger partial charge is 0.0615 e. The predicted molar refractivity (Wildman–Crippen MR) is 71.3 cm³/mol. The van der Waals surface area contributed by atoms with Gasteiger partial charge in [0.25, 0.3) is 0 Å². The number of methoxy groups -OCH3 is 1. The molecule has 0 bridgehead atoms. The lowest BCUT2D eigenvalue weighted by Gasteiger charge is -2.30. The molecule has 0 amide bonds. The lowest BCUT2D eigenvalue weighted by molar-refractivity contribution is 0.165. The highest BCUT2D eigenvalue weighted by molar-refractivity contribution is 4.88. The Morgan fingerprint density at radius 2 is 2.24 bits per heavy atom. The van der Waals surface area contributed by atoms with Crippen molar-refractivity contribution in [1.82, 2.24) is 10.2 Å². The van der Waals surface area contributed by atoms with Gasteiger partial charge in [-0.05, 0) is 58.5 Å². The van der Waals surface area contributed by atoms with Crippen molar-refractivity contribution in [2.75, 3.05) is 26.8 Å². The second-order valence-corrected chi connectivity index (χ2v) is 6.03. The van der Waals surface area contributed by atoms with Gasteiger partial charge in [0.1, 0.15) is 0 Å². The molecule has 2 aliphatic heterocycles. The van der Waals surface area contributed by atoms with Crippen LogP contribution in [0.1, 0.15) is 39.5 Å². The molecule has 1 N–H and O–H groups in total. The molecule has 0 spiro atoms. The minimum Gasteiger partial charge on any atom is -0.383 e. The molecule has 3 unspecified atom stereocenters. The van der Waals surface area contributed by atoms with Crippen molar-refractivity contribution < 1.29 is 4.74 Å². The molecule has 3 atom stereocenters. The number of nitrogens with zero attached hydrogens (tertiary/aromatic N) is 1. The molecule has 0 aromatic heterocycles. The van der Waals surface area contributed by atoms with Gasteiger partial charge in [-0.2, -0.15) is 0 Å². The fourth-order valence-corrected chi connectivity index (χ4v) is 3.59. The third kappa shape index (κ3) is 3.43. The average Bonchev–Trinajstić information content (AvgIpc) is 2.89. The minimum atomic E-state index is 0.596. The highest BCUT2D eigenvalue weighted by Crippen LogP contribution is 2.28. The largest absolute Gasteiger partial charge is 0.383 e. The molecule has 0 aromatic carbocycles. The number of ether oxygens (including phenoxy) is 1. The number of likely N-dealkylation sites (tertiary alicyclic amines) is 1. The topological polar surface area (TPSA) is 24.5 Å². The van der Waals surface area contributed by atoms with E-state index in [2.05, 4.69) is 24.1 Å². The summed E-state index contributed by atoms with van der Waals surface area (Å²) in [6, 6.07) is 2.15. The molecule has 0 saturated carbocycles. The zero-order chi connectivity index (χ0) is 12.3. The van der Waals surface area contributed by atoms with Crippen molar-refractivity contribution in [3.05, 3.63) is 0 Å². The van der Waals surface area contributed by atoms with Gasteiger partial charge in [0, 0.05) is 25.2 Å². The summed E-state index contributed by atoms with van der Waals surface area (Å²) in [6.45, 7) is 8.04. The SMILES string of the molecule is COCC1CC(CC2CCCN2C(C)C)CN1. The highest BCUT2D eigenvalue weighted by atomic mass is 16.5. The summed E-state index contributed by atoms with van der Waals surface area (Å²) in [4.78, 5) is 2.70. The Labute approximate surface area is 106 Å². The van der Waals surface area contributed by atoms with Crippen LogP contribution in [0.25, 0.3) is 0 Å². The van der Waals surface area contributed by atoms with E-state index in [4.69, 9.17) is 4.74 Å². The van der Waals surface area contributed by atoms with Crippen LogP contribution in [0.5, 0.6) is 0 Å². The van der Waals surface area contributed by atoms with Crippen molar-refractivity contribution in [2.24, 2.45) is 5.92 Å². The van der Waals surface area contributed by atoms with Crippen LogP contribution in [-0.2, 0) is 4.74 Å². The minimum absolute atomic E-state index is 0.596. The number of nitrogens with one attached hydrogen (secondary N) is 1. The van der Waals surface area contributed by atoms with Crippen LogP contribution in [0.15, 0.2) is 0 Å². The number of hydrogen-bond donors (Lipinski definition) is 1. The molecule has 100 valence electrons. The molecule has 2 aliphatic rings. The number of hydrogen-bond acceptors (Lipinski definition) is 3. The van der Waals surface area contributed by atoms with E-state index in [1.54, 1.807) is 7.11 Å². The first-order chi connectivity index (χ1) is 8.20. The zero-order valence-corrected chi connectivity index (χ0v) is 11.6. The van der Waals surface area contributed by atoms with Crippen molar-refractivity contribution in [3.63, 3.8) is 0 Å². The number of rotatable bonds is 5. The van der Waals surface area contributed by atoms with Crippen LogP contribution >= 0.6 is 0 Å². The van der Waals surface area contributed by atoms with Gasteiger partial charge in [0.2, 0.25) is 0 Å². The first-order valence-corrected chi connectivity index (χ1v) is 7.18. The highest BCUT2D eigenvalue weighted by Gasteiger charge is 2.32. The maximum Gasteiger partial charge on any atom is 0.0615 e. The lowest BCUT2D eigenvalue weighted by Crippen LogP contribution is -2.36. The van der Waals surface area contributed by atoms with Gasteiger partial charge in [-0.25, -0.2) is 0 Å². The van der Waals surface area contributed by atoms with Crippen LogP contribution < -0.4 is 5.32 Å². The van der Waals surface area contributed by atoms with E-state index in [-0.39, 0.29) is 0 Å². The molecule has 17 heavy (non-hydrogen) atoms. The van der Waals surface area contributed by atoms with Crippen molar-refractivity contribution >= 4 is 0 Å². The maximum absolute atomic E-state index is 5.23. The molecule has 2 saturated heterocycles. The van der Waals surface area contributed by atoms with E-state index in [1.807, 2.05) is 0 Å². The average molecular weight is 240 g/mol. The fraction of sp³-hybridized carbons (Fsp3) is 1.00. The normalized spacial score (nSPS) is 34.9. The Morgan fingerprint density at radius 3 is 2.94 bits per heavy atom. The third-order valence-electron chi connectivity index (χ3n) is 4.37. The van der Waals surface area contributed by atoms with E-state index in [1.165, 1.54) is 38.8 Å². The molecular weight excluding hydrogens is 212 g/mol. The van der Waals surface area contributed by atoms with Gasteiger partial charge in [-0.3, -0.25) is 4.90 Å². The van der Waals surface area contributed by atoms with Gasteiger partial charge < -0.3 is 10.1 Å². The molecular formula is C14H28N2O. The Morgan fingerprint density at radius 1 is 1.41 bits per heavy atom. The second kappa shape index (κ2) is 6.17. The van der Waals surface area contributed by atoms with Crippen LogP contribution in [0.3, 0.4) is 0 Å². The summed E-state index contributed by atoms with van der Waals surface area (Å²) in [5.41, 5.74) is 0. The Kier molecular flexibility index (Phi) is 4.83. The van der Waals surface area contributed by atoms with E-state index >= 15 is 0 Å². The molecule has 2 fully saturated rings. The van der Waals surface area contributed by atoms with Gasteiger partial charge in [-0.15, -0.1) is 0 Å². The van der Waals surface area contributed by atoms with E-state index < -0.39 is 0 Å². The van der Waals surface area contributed by atoms with Crippen LogP contribution in [0.2, 0.25) is 0 Å². The van der Waals surface area contributed by atoms with Gasteiger partial charge in [0.15, 0.2) is 0 Å². The van der Waals surface area contributed by atoms with Gasteiger partial charge >= 0.3 is 0 Å². The second-order valence-electron chi connectivity index (χ2n) is 6.03. The summed E-state index contributed by atoms with van der Waals surface area (Å²) >= 11 is 0. The zero-order valence-electron chi connectivity index (χ0n) is 11.6. The van der Waals surface area contributed by atoms with Crippen LogP contribution in [0.4, 0.5) is 0 Å². The van der Waals surface area contributed by atoms with Crippen LogP contribution in [-0.4, -0.2) is 49.8 Å². The van der Waals surface area contributed by atoms with Gasteiger partial charge in [0.05, 0.1) is 6.61 Å². The standard InChI is InChI=1S/C14H28N2O/c1-11(2)16-6-4-5-14(16)8-12-7-13(10-17-3)15-9-12/h11-15H,4-10H2,1-3H3. The predicted octanol–water partition coefficient (Wildman–Crippen LogP) is 1.87. The molecule has 0 radical (unpaired) electrons. The summed E-state index contributed by atoms with van der Waals surface area (Å²) in [5.74, 6) is 0.861. The Balaban J connectivity index is 1.77. The first kappa shape index (κ1) is 13.3. The molecule has 3 heteroatoms. The van der Waals surface area contributed by atoms with E-state index in [9.17, 15) is 0 Å². The quantitative estimate of drug-likeness (QED) is 0.794. The van der Waals surface area contributed by atoms with Crippen molar-refractivity contribution in [1.29, 1.82) is 0 Å². The van der Waals surface area contributed by atoms with Crippen molar-refractivity contribution in [3.8, 4) is 0 Å². The Hall–Kier alpha value is -0.120. The van der Waals surface area contributed by atoms with E-state index in [0.29, 0.717) is 12.1 Å².